The quantitative estimate of drug-likeness (QED) is 0.327. The molecule has 11 heteroatoms. The Hall–Kier alpha value is -2.57. The normalized spacial score (nSPS) is 19.4. The number of likely N-dealkylation sites (tertiary alicyclic amines) is 1. The van der Waals surface area contributed by atoms with Crippen molar-refractivity contribution < 1.29 is 23.5 Å². The predicted octanol–water partition coefficient (Wildman–Crippen LogP) is 1.35. The van der Waals surface area contributed by atoms with Crippen LogP contribution in [0.25, 0.3) is 11.1 Å². The zero-order valence-electron chi connectivity index (χ0n) is 18.5. The minimum atomic E-state index is -3.67. The topological polar surface area (TPSA) is 128 Å². The molecular weight excluding hydrogens is 446 g/mol. The van der Waals surface area contributed by atoms with Crippen LogP contribution < -0.4 is 5.48 Å². The van der Waals surface area contributed by atoms with Gasteiger partial charge >= 0.3 is 0 Å². The summed E-state index contributed by atoms with van der Waals surface area (Å²) < 4.78 is 29.3. The summed E-state index contributed by atoms with van der Waals surface area (Å²) in [6.45, 7) is 3.40. The van der Waals surface area contributed by atoms with E-state index in [0.29, 0.717) is 12.0 Å². The van der Waals surface area contributed by atoms with Crippen LogP contribution in [0, 0.1) is 0 Å². The number of carbonyl (C=O) groups is 1. The average Bonchev–Trinajstić information content (AvgIpc) is 3.34. The lowest BCUT2D eigenvalue weighted by Gasteiger charge is -2.31. The number of hydrogen-bond acceptors (Lipinski definition) is 7. The molecule has 0 radical (unpaired) electrons. The van der Waals surface area contributed by atoms with Crippen molar-refractivity contribution in [3.63, 3.8) is 0 Å². The second-order valence-corrected chi connectivity index (χ2v) is 10.3. The largest absolute Gasteiger partial charge is 0.373 e. The number of nitrogens with one attached hydrogen (secondary N) is 1. The molecule has 33 heavy (non-hydrogen) atoms. The maximum Gasteiger partial charge on any atom is 0.243 e. The molecule has 1 saturated heterocycles. The Morgan fingerprint density at radius 2 is 1.85 bits per heavy atom. The van der Waals surface area contributed by atoms with Crippen LogP contribution in [0.15, 0.2) is 53.2 Å². The summed E-state index contributed by atoms with van der Waals surface area (Å²) in [5, 5.41) is 22.9. The van der Waals surface area contributed by atoms with Crippen LogP contribution >= 0.6 is 0 Å². The van der Waals surface area contributed by atoms with E-state index >= 15 is 0 Å². The highest BCUT2D eigenvalue weighted by molar-refractivity contribution is 7.89. The van der Waals surface area contributed by atoms with E-state index in [1.165, 1.54) is 4.31 Å². The zero-order valence-corrected chi connectivity index (χ0v) is 19.3. The van der Waals surface area contributed by atoms with Crippen molar-refractivity contribution in [1.82, 2.24) is 24.5 Å². The molecule has 0 spiro atoms. The van der Waals surface area contributed by atoms with E-state index in [9.17, 15) is 18.3 Å². The van der Waals surface area contributed by atoms with Gasteiger partial charge < -0.3 is 15.2 Å². The van der Waals surface area contributed by atoms with Gasteiger partial charge in [0.25, 0.3) is 0 Å². The molecule has 2 aliphatic heterocycles. The van der Waals surface area contributed by atoms with Gasteiger partial charge in [-0.25, -0.2) is 8.42 Å². The maximum atomic E-state index is 13.0. The minimum absolute atomic E-state index is 0.102. The number of sulfonamides is 1. The summed E-state index contributed by atoms with van der Waals surface area (Å²) in [5.74, 6) is 0.102. The molecule has 0 aliphatic carbocycles. The molecule has 1 aromatic heterocycles. The summed E-state index contributed by atoms with van der Waals surface area (Å²) in [6.07, 6.45) is 6.21. The lowest BCUT2D eigenvalue weighted by Crippen LogP contribution is -2.38. The van der Waals surface area contributed by atoms with Crippen molar-refractivity contribution in [3.05, 3.63) is 48.3 Å². The lowest BCUT2D eigenvalue weighted by molar-refractivity contribution is -0.130. The van der Waals surface area contributed by atoms with E-state index in [0.717, 1.165) is 37.1 Å². The molecule has 1 fully saturated rings. The highest BCUT2D eigenvalue weighted by Crippen LogP contribution is 2.27. The second kappa shape index (κ2) is 9.74. The number of aliphatic hydroxyl groups excluding tert-OH is 1. The van der Waals surface area contributed by atoms with Crippen molar-refractivity contribution in [3.8, 4) is 11.1 Å². The summed E-state index contributed by atoms with van der Waals surface area (Å²) in [5.41, 5.74) is 4.11. The number of hydroxylamine groups is 1. The van der Waals surface area contributed by atoms with Gasteiger partial charge in [-0.15, -0.1) is 0 Å². The minimum Gasteiger partial charge on any atom is -0.373 e. The highest BCUT2D eigenvalue weighted by Gasteiger charge is 2.28. The molecule has 3 N–H and O–H groups in total. The molecule has 0 saturated carbocycles. The molecule has 3 heterocycles. The van der Waals surface area contributed by atoms with Crippen LogP contribution in [-0.4, -0.2) is 76.0 Å². The van der Waals surface area contributed by atoms with Gasteiger partial charge in [-0.1, -0.05) is 18.2 Å². The number of rotatable bonds is 6. The maximum absolute atomic E-state index is 13.0. The molecule has 10 nitrogen and oxygen atoms in total. The van der Waals surface area contributed by atoms with Gasteiger partial charge in [-0.3, -0.25) is 9.48 Å². The van der Waals surface area contributed by atoms with Crippen molar-refractivity contribution in [2.75, 3.05) is 26.2 Å². The molecule has 2 aromatic rings. The van der Waals surface area contributed by atoms with E-state index < -0.39 is 16.3 Å². The molecule has 0 bridgehead atoms. The second-order valence-electron chi connectivity index (χ2n) is 8.39. The number of aliphatic hydroxyl groups is 1. The lowest BCUT2D eigenvalue weighted by atomic mass is 10.1. The van der Waals surface area contributed by atoms with Gasteiger partial charge in [0.1, 0.15) is 6.23 Å². The summed E-state index contributed by atoms with van der Waals surface area (Å²) in [4.78, 5) is 13.6. The summed E-state index contributed by atoms with van der Waals surface area (Å²) in [7, 11) is -3.67. The monoisotopic (exact) mass is 475 g/mol. The molecule has 178 valence electrons. The number of carbonyl (C=O) groups excluding carboxylic acids is 1. The number of aromatic nitrogens is 2. The fourth-order valence-corrected chi connectivity index (χ4v) is 5.70. The summed E-state index contributed by atoms with van der Waals surface area (Å²) >= 11 is 0. The van der Waals surface area contributed by atoms with E-state index in [1.807, 2.05) is 15.8 Å². The summed E-state index contributed by atoms with van der Waals surface area (Å²) in [6, 6.07) is 6.98. The molecule has 1 amide bonds. The van der Waals surface area contributed by atoms with Crippen LogP contribution in [0.3, 0.4) is 0 Å². The smallest absolute Gasteiger partial charge is 0.243 e. The van der Waals surface area contributed by atoms with Crippen molar-refractivity contribution in [2.24, 2.45) is 0 Å². The Morgan fingerprint density at radius 3 is 2.42 bits per heavy atom. The number of piperidine rings is 1. The number of hydrogen-bond donors (Lipinski definition) is 3. The van der Waals surface area contributed by atoms with Crippen molar-refractivity contribution in [2.45, 2.75) is 43.4 Å². The molecule has 1 aromatic carbocycles. The Balaban J connectivity index is 1.43. The number of amides is 1. The van der Waals surface area contributed by atoms with E-state index in [-0.39, 0.29) is 29.9 Å². The fourth-order valence-electron chi connectivity index (χ4n) is 4.32. The third kappa shape index (κ3) is 5.02. The SMILES string of the molecule is CC(=O)N1CCC(n2cc(-c3ccc(S(=O)(=O)N4CC=C(C(O)NO)CC4)cc3)cn2)CC1. The molecule has 2 aliphatic rings. The Labute approximate surface area is 193 Å². The van der Waals surface area contributed by atoms with Crippen LogP contribution in [0.1, 0.15) is 32.2 Å². The van der Waals surface area contributed by atoms with Crippen LogP contribution in [-0.2, 0) is 14.8 Å². The van der Waals surface area contributed by atoms with Crippen LogP contribution in [0.5, 0.6) is 0 Å². The standard InChI is InChI=1S/C22H29N5O5S/c1-16(28)25-10-8-20(9-11-25)27-15-19(14-23-27)17-2-4-21(5-3-17)33(31,32)26-12-6-18(7-13-26)22(29)24-30/h2-6,14-15,20,22,24,29-30H,7-13H2,1H3. The third-order valence-electron chi connectivity index (χ3n) is 6.39. The van der Waals surface area contributed by atoms with Crippen molar-refractivity contribution >= 4 is 15.9 Å². The van der Waals surface area contributed by atoms with Crippen LogP contribution in [0.2, 0.25) is 0 Å². The number of nitrogens with zero attached hydrogens (tertiary/aromatic N) is 4. The van der Waals surface area contributed by atoms with Gasteiger partial charge in [0.05, 0.1) is 17.1 Å². The first kappa shape index (κ1) is 23.6. The zero-order chi connectivity index (χ0) is 23.6. The first-order valence-corrected chi connectivity index (χ1v) is 12.4. The molecular formula is C22H29N5O5S. The fraction of sp³-hybridized carbons (Fsp3) is 0.455. The Morgan fingerprint density at radius 1 is 1.15 bits per heavy atom. The van der Waals surface area contributed by atoms with E-state index in [1.54, 1.807) is 48.9 Å². The predicted molar refractivity (Wildman–Crippen MR) is 121 cm³/mol. The molecule has 1 atom stereocenters. The Kier molecular flexibility index (Phi) is 6.96. The van der Waals surface area contributed by atoms with Gasteiger partial charge in [-0.05, 0) is 42.5 Å². The van der Waals surface area contributed by atoms with Crippen molar-refractivity contribution in [1.29, 1.82) is 0 Å². The van der Waals surface area contributed by atoms with Gasteiger partial charge in [-0.2, -0.15) is 14.9 Å². The van der Waals surface area contributed by atoms with Gasteiger partial charge in [0.2, 0.25) is 15.9 Å². The van der Waals surface area contributed by atoms with E-state index in [2.05, 4.69) is 5.10 Å². The number of benzene rings is 1. The van der Waals surface area contributed by atoms with Crippen LogP contribution in [0.4, 0.5) is 0 Å². The Bertz CT molecular complexity index is 1120. The van der Waals surface area contributed by atoms with Gasteiger partial charge in [0, 0.05) is 44.9 Å². The highest BCUT2D eigenvalue weighted by atomic mass is 32.2. The first-order valence-electron chi connectivity index (χ1n) is 11.0. The van der Waals surface area contributed by atoms with Gasteiger partial charge in [0.15, 0.2) is 0 Å². The van der Waals surface area contributed by atoms with E-state index in [4.69, 9.17) is 5.21 Å². The molecule has 1 unspecified atom stereocenters. The third-order valence-corrected chi connectivity index (χ3v) is 8.27. The molecule has 4 rings (SSSR count). The first-order chi connectivity index (χ1) is 15.8. The average molecular weight is 476 g/mol.